The number of benzene rings is 1. The van der Waals surface area contributed by atoms with Crippen LogP contribution in [0.25, 0.3) is 0 Å². The van der Waals surface area contributed by atoms with Crippen molar-refractivity contribution in [2.45, 2.75) is 13.8 Å². The van der Waals surface area contributed by atoms with Crippen LogP contribution < -0.4 is 4.74 Å². The summed E-state index contributed by atoms with van der Waals surface area (Å²) in [5, 5.41) is 0.654. The zero-order valence-corrected chi connectivity index (χ0v) is 8.39. The van der Waals surface area contributed by atoms with E-state index < -0.39 is 0 Å². The van der Waals surface area contributed by atoms with Crippen molar-refractivity contribution >= 4 is 17.4 Å². The van der Waals surface area contributed by atoms with E-state index in [1.807, 2.05) is 6.92 Å². The summed E-state index contributed by atoms with van der Waals surface area (Å²) in [6, 6.07) is 5.38. The molecule has 0 radical (unpaired) electrons. The van der Waals surface area contributed by atoms with E-state index in [9.17, 15) is 4.79 Å². The van der Waals surface area contributed by atoms with Crippen LogP contribution in [0.15, 0.2) is 18.2 Å². The lowest BCUT2D eigenvalue weighted by Gasteiger charge is -2.07. The monoisotopic (exact) mass is 198 g/mol. The Labute approximate surface area is 82.5 Å². The highest BCUT2D eigenvalue weighted by Gasteiger charge is 2.03. The van der Waals surface area contributed by atoms with Gasteiger partial charge >= 0.3 is 0 Å². The van der Waals surface area contributed by atoms with E-state index in [4.69, 9.17) is 16.3 Å². The van der Waals surface area contributed by atoms with Gasteiger partial charge in [0.05, 0.1) is 0 Å². The molecular weight excluding hydrogens is 188 g/mol. The van der Waals surface area contributed by atoms with Crippen LogP contribution >= 0.6 is 11.6 Å². The van der Waals surface area contributed by atoms with Crippen molar-refractivity contribution < 1.29 is 9.53 Å². The summed E-state index contributed by atoms with van der Waals surface area (Å²) in [6.45, 7) is 3.44. The standard InChI is InChI=1S/C10H11ClO2/c1-7(12)6-13-10-5-3-4-9(11)8(10)2/h3-5H,6H2,1-2H3. The number of rotatable bonds is 3. The highest BCUT2D eigenvalue weighted by atomic mass is 35.5. The van der Waals surface area contributed by atoms with E-state index in [0.717, 1.165) is 5.56 Å². The lowest BCUT2D eigenvalue weighted by atomic mass is 10.2. The molecule has 0 bridgehead atoms. The number of carbonyl (C=O) groups excluding carboxylic acids is 1. The fourth-order valence-corrected chi connectivity index (χ4v) is 1.09. The number of ketones is 1. The maximum absolute atomic E-state index is 10.7. The molecule has 0 amide bonds. The molecule has 3 heteroatoms. The minimum atomic E-state index is -0.000578. The first kappa shape index (κ1) is 10.1. The Balaban J connectivity index is 2.77. The molecule has 0 saturated heterocycles. The lowest BCUT2D eigenvalue weighted by molar-refractivity contribution is -0.118. The molecule has 0 fully saturated rings. The van der Waals surface area contributed by atoms with Gasteiger partial charge in [-0.25, -0.2) is 0 Å². The summed E-state index contributed by atoms with van der Waals surface area (Å²) in [4.78, 5) is 10.7. The maximum Gasteiger partial charge on any atom is 0.167 e. The second-order valence-corrected chi connectivity index (χ2v) is 3.26. The summed E-state index contributed by atoms with van der Waals surface area (Å²) < 4.78 is 5.25. The number of halogens is 1. The van der Waals surface area contributed by atoms with Gasteiger partial charge < -0.3 is 4.74 Å². The molecule has 0 aliphatic rings. The Morgan fingerprint density at radius 3 is 2.85 bits per heavy atom. The molecular formula is C10H11ClO2. The van der Waals surface area contributed by atoms with Crippen LogP contribution in [0, 0.1) is 6.92 Å². The molecule has 1 aromatic carbocycles. The molecule has 0 unspecified atom stereocenters. The van der Waals surface area contributed by atoms with Crippen LogP contribution in [-0.4, -0.2) is 12.4 Å². The van der Waals surface area contributed by atoms with Crippen molar-refractivity contribution in [3.8, 4) is 5.75 Å². The molecule has 70 valence electrons. The predicted molar refractivity (Wildman–Crippen MR) is 52.4 cm³/mol. The average molecular weight is 199 g/mol. The first-order valence-corrected chi connectivity index (χ1v) is 4.36. The van der Waals surface area contributed by atoms with Gasteiger partial charge in [0.25, 0.3) is 0 Å². The Morgan fingerprint density at radius 1 is 1.54 bits per heavy atom. The Hall–Kier alpha value is -1.02. The highest BCUT2D eigenvalue weighted by Crippen LogP contribution is 2.24. The van der Waals surface area contributed by atoms with Crippen molar-refractivity contribution in [1.82, 2.24) is 0 Å². The molecule has 0 aromatic heterocycles. The Morgan fingerprint density at radius 2 is 2.23 bits per heavy atom. The van der Waals surface area contributed by atoms with E-state index in [-0.39, 0.29) is 12.4 Å². The summed E-state index contributed by atoms with van der Waals surface area (Å²) in [7, 11) is 0. The van der Waals surface area contributed by atoms with Gasteiger partial charge in [-0.1, -0.05) is 17.7 Å². The van der Waals surface area contributed by atoms with Crippen LogP contribution in [-0.2, 0) is 4.79 Å². The minimum Gasteiger partial charge on any atom is -0.486 e. The van der Waals surface area contributed by atoms with Gasteiger partial charge in [0.2, 0.25) is 0 Å². The SMILES string of the molecule is CC(=O)COc1cccc(Cl)c1C. The molecule has 1 rings (SSSR count). The van der Waals surface area contributed by atoms with Crippen LogP contribution in [0.5, 0.6) is 5.75 Å². The molecule has 2 nitrogen and oxygen atoms in total. The third-order valence-corrected chi connectivity index (χ3v) is 2.06. The molecule has 13 heavy (non-hydrogen) atoms. The number of hydrogen-bond donors (Lipinski definition) is 0. The van der Waals surface area contributed by atoms with Gasteiger partial charge in [-0.05, 0) is 26.0 Å². The minimum absolute atomic E-state index is 0.000578. The Bertz CT molecular complexity index is 321. The fraction of sp³-hybridized carbons (Fsp3) is 0.300. The maximum atomic E-state index is 10.7. The first-order valence-electron chi connectivity index (χ1n) is 3.98. The Kier molecular flexibility index (Phi) is 3.32. The van der Waals surface area contributed by atoms with Crippen LogP contribution in [0.3, 0.4) is 0 Å². The fourth-order valence-electron chi connectivity index (χ4n) is 0.923. The molecule has 0 heterocycles. The summed E-state index contributed by atoms with van der Waals surface area (Å²) in [5.74, 6) is 0.669. The second-order valence-electron chi connectivity index (χ2n) is 2.85. The molecule has 0 atom stereocenters. The lowest BCUT2D eigenvalue weighted by Crippen LogP contribution is -2.07. The molecule has 0 spiro atoms. The van der Waals surface area contributed by atoms with Gasteiger partial charge in [0, 0.05) is 10.6 Å². The molecule has 0 N–H and O–H groups in total. The number of hydrogen-bond acceptors (Lipinski definition) is 2. The summed E-state index contributed by atoms with van der Waals surface area (Å²) in [6.07, 6.45) is 0. The normalized spacial score (nSPS) is 9.77. The molecule has 0 saturated carbocycles. The van der Waals surface area contributed by atoms with E-state index >= 15 is 0 Å². The van der Waals surface area contributed by atoms with Gasteiger partial charge in [0.15, 0.2) is 5.78 Å². The number of ether oxygens (including phenoxy) is 1. The van der Waals surface area contributed by atoms with Crippen molar-refractivity contribution in [1.29, 1.82) is 0 Å². The topological polar surface area (TPSA) is 26.3 Å². The average Bonchev–Trinajstić information content (AvgIpc) is 2.07. The van der Waals surface area contributed by atoms with Crippen molar-refractivity contribution in [3.05, 3.63) is 28.8 Å². The van der Waals surface area contributed by atoms with E-state index in [1.54, 1.807) is 18.2 Å². The quantitative estimate of drug-likeness (QED) is 0.747. The molecule has 0 aliphatic carbocycles. The number of Topliss-reactive ketones (excluding diaryl/α,β-unsaturated/α-hetero) is 1. The van der Waals surface area contributed by atoms with E-state index in [1.165, 1.54) is 6.92 Å². The second kappa shape index (κ2) is 4.28. The van der Waals surface area contributed by atoms with Crippen LogP contribution in [0.4, 0.5) is 0 Å². The van der Waals surface area contributed by atoms with E-state index in [2.05, 4.69) is 0 Å². The van der Waals surface area contributed by atoms with Crippen LogP contribution in [0.1, 0.15) is 12.5 Å². The van der Waals surface area contributed by atoms with Crippen molar-refractivity contribution in [2.24, 2.45) is 0 Å². The summed E-state index contributed by atoms with van der Waals surface area (Å²) in [5.41, 5.74) is 0.866. The highest BCUT2D eigenvalue weighted by molar-refractivity contribution is 6.31. The third-order valence-electron chi connectivity index (χ3n) is 1.65. The van der Waals surface area contributed by atoms with Gasteiger partial charge in [-0.2, -0.15) is 0 Å². The van der Waals surface area contributed by atoms with Crippen molar-refractivity contribution in [2.75, 3.05) is 6.61 Å². The van der Waals surface area contributed by atoms with Crippen LogP contribution in [0.2, 0.25) is 5.02 Å². The molecule has 0 aliphatic heterocycles. The van der Waals surface area contributed by atoms with Gasteiger partial charge in [-0.15, -0.1) is 0 Å². The van der Waals surface area contributed by atoms with Crippen molar-refractivity contribution in [3.63, 3.8) is 0 Å². The zero-order valence-electron chi connectivity index (χ0n) is 7.63. The number of carbonyl (C=O) groups is 1. The molecule has 1 aromatic rings. The predicted octanol–water partition coefficient (Wildman–Crippen LogP) is 2.62. The van der Waals surface area contributed by atoms with E-state index in [0.29, 0.717) is 10.8 Å². The smallest absolute Gasteiger partial charge is 0.167 e. The summed E-state index contributed by atoms with van der Waals surface area (Å²) >= 11 is 5.86. The van der Waals surface area contributed by atoms with Gasteiger partial charge in [0.1, 0.15) is 12.4 Å². The third kappa shape index (κ3) is 2.74. The first-order chi connectivity index (χ1) is 6.11. The largest absolute Gasteiger partial charge is 0.486 e. The van der Waals surface area contributed by atoms with Gasteiger partial charge in [-0.3, -0.25) is 4.79 Å². The zero-order chi connectivity index (χ0) is 9.84.